The van der Waals surface area contributed by atoms with Gasteiger partial charge in [-0.25, -0.2) is 17.8 Å². The minimum Gasteiger partial charge on any atom is -0.495 e. The van der Waals surface area contributed by atoms with Crippen LogP contribution in [0.15, 0.2) is 81.6 Å². The number of ether oxygens (including phenoxy) is 1. The Balaban J connectivity index is 1.77. The molecule has 0 unspecified atom stereocenters. The van der Waals surface area contributed by atoms with Crippen LogP contribution in [0.25, 0.3) is 10.8 Å². The molecule has 0 saturated carbocycles. The van der Waals surface area contributed by atoms with Gasteiger partial charge in [0.15, 0.2) is 0 Å². The van der Waals surface area contributed by atoms with Gasteiger partial charge in [-0.1, -0.05) is 18.2 Å². The number of oxazole rings is 1. The van der Waals surface area contributed by atoms with Crippen LogP contribution in [0.5, 0.6) is 5.75 Å². The van der Waals surface area contributed by atoms with Crippen molar-refractivity contribution in [3.8, 4) is 16.5 Å². The largest absolute Gasteiger partial charge is 0.495 e. The number of nitrogens with zero attached hydrogens (tertiary/aromatic N) is 2. The quantitative estimate of drug-likeness (QED) is 0.403. The summed E-state index contributed by atoms with van der Waals surface area (Å²) in [5.74, 6) is 0.277. The Labute approximate surface area is 177 Å². The van der Waals surface area contributed by atoms with Crippen LogP contribution in [-0.4, -0.2) is 20.5 Å². The number of benzene rings is 2. The Morgan fingerprint density at radius 1 is 1.10 bits per heavy atom. The van der Waals surface area contributed by atoms with Crippen molar-refractivity contribution >= 4 is 27.0 Å². The van der Waals surface area contributed by atoms with Gasteiger partial charge < -0.3 is 9.15 Å². The lowest BCUT2D eigenvalue weighted by atomic mass is 10.3. The molecule has 6 nitrogen and oxygen atoms in total. The summed E-state index contributed by atoms with van der Waals surface area (Å²) < 4.78 is 52.3. The fourth-order valence-corrected chi connectivity index (χ4v) is 5.01. The van der Waals surface area contributed by atoms with Crippen molar-refractivity contribution in [2.45, 2.75) is 11.4 Å². The van der Waals surface area contributed by atoms with E-state index in [1.807, 2.05) is 17.5 Å². The maximum atomic E-state index is 13.4. The van der Waals surface area contributed by atoms with E-state index in [2.05, 4.69) is 4.98 Å². The zero-order chi connectivity index (χ0) is 21.1. The molecule has 154 valence electrons. The van der Waals surface area contributed by atoms with E-state index >= 15 is 0 Å². The van der Waals surface area contributed by atoms with Gasteiger partial charge in [0.25, 0.3) is 10.0 Å². The summed E-state index contributed by atoms with van der Waals surface area (Å²) in [4.78, 5) is 5.23. The first-order chi connectivity index (χ1) is 14.5. The third-order valence-corrected chi connectivity index (χ3v) is 6.98. The molecule has 2 heterocycles. The average Bonchev–Trinajstić information content (AvgIpc) is 3.44. The highest BCUT2D eigenvalue weighted by Gasteiger charge is 2.28. The number of halogens is 1. The summed E-state index contributed by atoms with van der Waals surface area (Å²) in [6.07, 6.45) is 1.43. The van der Waals surface area contributed by atoms with E-state index in [9.17, 15) is 12.8 Å². The molecule has 4 rings (SSSR count). The molecule has 9 heteroatoms. The van der Waals surface area contributed by atoms with Gasteiger partial charge in [-0.3, -0.25) is 4.31 Å². The van der Waals surface area contributed by atoms with Gasteiger partial charge in [-0.05, 0) is 47.8 Å². The number of hydrogen-bond donors (Lipinski definition) is 0. The first kappa shape index (κ1) is 20.1. The van der Waals surface area contributed by atoms with Gasteiger partial charge in [-0.2, -0.15) is 0 Å². The van der Waals surface area contributed by atoms with Gasteiger partial charge in [0, 0.05) is 0 Å². The second-order valence-electron chi connectivity index (χ2n) is 6.26. The van der Waals surface area contributed by atoms with Crippen molar-refractivity contribution in [2.75, 3.05) is 11.4 Å². The zero-order valence-corrected chi connectivity index (χ0v) is 17.5. The molecule has 0 aliphatic heterocycles. The number of methoxy groups -OCH3 is 1. The Bertz CT molecular complexity index is 1240. The van der Waals surface area contributed by atoms with E-state index in [1.165, 1.54) is 41.1 Å². The van der Waals surface area contributed by atoms with E-state index in [1.54, 1.807) is 24.3 Å². The van der Waals surface area contributed by atoms with Crippen LogP contribution in [0, 0.1) is 5.82 Å². The van der Waals surface area contributed by atoms with Gasteiger partial charge >= 0.3 is 0 Å². The maximum Gasteiger partial charge on any atom is 0.264 e. The molecule has 0 radical (unpaired) electrons. The van der Waals surface area contributed by atoms with Crippen LogP contribution in [0.3, 0.4) is 0 Å². The van der Waals surface area contributed by atoms with Crippen molar-refractivity contribution in [1.82, 2.24) is 4.98 Å². The summed E-state index contributed by atoms with van der Waals surface area (Å²) in [5, 5.41) is 1.90. The highest BCUT2D eigenvalue weighted by atomic mass is 32.2. The molecule has 0 amide bonds. The third kappa shape index (κ3) is 3.94. The molecule has 2 aromatic heterocycles. The summed E-state index contributed by atoms with van der Waals surface area (Å²) in [6, 6.07) is 15.2. The second kappa shape index (κ2) is 8.29. The molecular weight excluding hydrogens is 427 g/mol. The van der Waals surface area contributed by atoms with Crippen molar-refractivity contribution in [2.24, 2.45) is 0 Å². The lowest BCUT2D eigenvalue weighted by Gasteiger charge is -2.25. The molecule has 0 fully saturated rings. The first-order valence-corrected chi connectivity index (χ1v) is 11.2. The summed E-state index contributed by atoms with van der Waals surface area (Å²) in [5.41, 5.74) is 0.764. The van der Waals surface area contributed by atoms with Crippen LogP contribution in [0.2, 0.25) is 0 Å². The van der Waals surface area contributed by atoms with Crippen LogP contribution >= 0.6 is 11.3 Å². The Hall–Kier alpha value is -3.17. The van der Waals surface area contributed by atoms with Gasteiger partial charge in [0.1, 0.15) is 23.5 Å². The number of para-hydroxylation sites is 2. The zero-order valence-electron chi connectivity index (χ0n) is 15.9. The number of thiophene rings is 1. The molecule has 0 spiro atoms. The highest BCUT2D eigenvalue weighted by Crippen LogP contribution is 2.34. The van der Waals surface area contributed by atoms with Crippen molar-refractivity contribution in [1.29, 1.82) is 0 Å². The molecule has 0 aliphatic rings. The van der Waals surface area contributed by atoms with Gasteiger partial charge in [-0.15, -0.1) is 11.3 Å². The fourth-order valence-electron chi connectivity index (χ4n) is 2.91. The molecule has 0 atom stereocenters. The second-order valence-corrected chi connectivity index (χ2v) is 9.07. The average molecular weight is 445 g/mol. The van der Waals surface area contributed by atoms with Crippen LogP contribution in [-0.2, 0) is 16.6 Å². The molecule has 0 N–H and O–H groups in total. The molecular formula is C21H17FN2O4S2. The fraction of sp³-hybridized carbons (Fsp3) is 0.0952. The lowest BCUT2D eigenvalue weighted by molar-refractivity contribution is 0.415. The van der Waals surface area contributed by atoms with Crippen LogP contribution in [0.1, 0.15) is 5.69 Å². The number of sulfonamides is 1. The molecule has 4 aromatic rings. The Morgan fingerprint density at radius 2 is 1.87 bits per heavy atom. The maximum absolute atomic E-state index is 13.4. The van der Waals surface area contributed by atoms with Crippen molar-refractivity contribution < 1.29 is 22.0 Å². The number of rotatable bonds is 7. The van der Waals surface area contributed by atoms with E-state index in [4.69, 9.17) is 9.15 Å². The smallest absolute Gasteiger partial charge is 0.264 e. The Morgan fingerprint density at radius 3 is 2.57 bits per heavy atom. The molecule has 2 aromatic carbocycles. The lowest BCUT2D eigenvalue weighted by Crippen LogP contribution is -2.31. The first-order valence-electron chi connectivity index (χ1n) is 8.88. The standard InChI is InChI=1S/C21H17FN2O4S2/c1-27-19-6-3-2-5-18(19)24(30(25,26)17-10-8-15(22)9-11-17)13-16-14-28-21(23-16)20-7-4-12-29-20/h2-12,14H,13H2,1H3. The SMILES string of the molecule is COc1ccccc1N(Cc1coc(-c2cccs2)n1)S(=O)(=O)c1ccc(F)cc1. The number of hydrogen-bond acceptors (Lipinski definition) is 6. The minimum atomic E-state index is -4.04. The van der Waals surface area contributed by atoms with Crippen molar-refractivity contribution in [3.63, 3.8) is 0 Å². The number of anilines is 1. The van der Waals surface area contributed by atoms with E-state index in [0.717, 1.165) is 17.0 Å². The van der Waals surface area contributed by atoms with Gasteiger partial charge in [0.2, 0.25) is 5.89 Å². The van der Waals surface area contributed by atoms with Crippen LogP contribution in [0.4, 0.5) is 10.1 Å². The summed E-state index contributed by atoms with van der Waals surface area (Å²) in [7, 11) is -2.57. The van der Waals surface area contributed by atoms with Crippen LogP contribution < -0.4 is 9.04 Å². The minimum absolute atomic E-state index is 0.0446. The van der Waals surface area contributed by atoms with Crippen molar-refractivity contribution in [3.05, 3.63) is 83.8 Å². The predicted molar refractivity (Wildman–Crippen MR) is 113 cm³/mol. The predicted octanol–water partition coefficient (Wildman–Crippen LogP) is 4.95. The normalized spacial score (nSPS) is 11.4. The Kier molecular flexibility index (Phi) is 5.56. The molecule has 0 saturated heterocycles. The topological polar surface area (TPSA) is 72.6 Å². The molecule has 30 heavy (non-hydrogen) atoms. The monoisotopic (exact) mass is 444 g/mol. The van der Waals surface area contributed by atoms with Gasteiger partial charge in [0.05, 0.1) is 29.1 Å². The summed E-state index contributed by atoms with van der Waals surface area (Å²) in [6.45, 7) is -0.0883. The molecule has 0 aliphatic carbocycles. The molecule has 0 bridgehead atoms. The highest BCUT2D eigenvalue weighted by molar-refractivity contribution is 7.92. The van der Waals surface area contributed by atoms with E-state index in [0.29, 0.717) is 23.0 Å². The number of aromatic nitrogens is 1. The van der Waals surface area contributed by atoms with E-state index < -0.39 is 15.8 Å². The third-order valence-electron chi connectivity index (χ3n) is 4.34. The summed E-state index contributed by atoms with van der Waals surface area (Å²) >= 11 is 1.47. The van der Waals surface area contributed by atoms with E-state index in [-0.39, 0.29) is 11.4 Å².